The summed E-state index contributed by atoms with van der Waals surface area (Å²) >= 11 is 5.85. The van der Waals surface area contributed by atoms with Crippen molar-refractivity contribution in [3.05, 3.63) is 98.9 Å². The number of amides is 1. The summed E-state index contributed by atoms with van der Waals surface area (Å²) in [6.07, 6.45) is 1.47. The van der Waals surface area contributed by atoms with Gasteiger partial charge in [0.05, 0.1) is 0 Å². The Kier molecular flexibility index (Phi) is 5.39. The van der Waals surface area contributed by atoms with Crippen molar-refractivity contribution in [2.75, 3.05) is 5.32 Å². The van der Waals surface area contributed by atoms with E-state index in [0.29, 0.717) is 10.7 Å². The first-order chi connectivity index (χ1) is 12.5. The number of rotatable bonds is 5. The van der Waals surface area contributed by atoms with Crippen LogP contribution in [0.2, 0.25) is 5.02 Å². The molecule has 3 rings (SSSR count). The number of pyridine rings is 1. The van der Waals surface area contributed by atoms with Crippen molar-refractivity contribution in [1.82, 2.24) is 4.73 Å². The number of halogens is 1. The van der Waals surface area contributed by atoms with Crippen molar-refractivity contribution in [1.29, 1.82) is 0 Å². The van der Waals surface area contributed by atoms with Crippen LogP contribution >= 0.6 is 11.6 Å². The Labute approximate surface area is 155 Å². The molecule has 0 saturated heterocycles. The molecule has 0 atom stereocenters. The Hall–Kier alpha value is -3.05. The number of hydrogen-bond acceptors (Lipinski definition) is 3. The fourth-order valence-electron chi connectivity index (χ4n) is 2.38. The number of para-hydroxylation sites is 1. The number of hydrogen-bond donors (Lipinski definition) is 1. The molecule has 0 radical (unpaired) electrons. The van der Waals surface area contributed by atoms with E-state index >= 15 is 0 Å². The van der Waals surface area contributed by atoms with Crippen LogP contribution in [0.3, 0.4) is 0 Å². The van der Waals surface area contributed by atoms with Crippen molar-refractivity contribution in [2.45, 2.75) is 13.5 Å². The summed E-state index contributed by atoms with van der Waals surface area (Å²) in [7, 11) is 0. The van der Waals surface area contributed by atoms with E-state index in [1.165, 1.54) is 12.3 Å². The maximum absolute atomic E-state index is 12.5. The third-order valence-corrected chi connectivity index (χ3v) is 4.09. The quantitative estimate of drug-likeness (QED) is 0.747. The number of carbonyl (C=O) groups is 1. The highest BCUT2D eigenvalue weighted by Crippen LogP contribution is 2.14. The van der Waals surface area contributed by atoms with Crippen LogP contribution < -0.4 is 15.7 Å². The monoisotopic (exact) mass is 368 g/mol. The third kappa shape index (κ3) is 4.13. The smallest absolute Gasteiger partial charge is 0.295 e. The SMILES string of the molecule is Cc1ccccc1NC(=O)c1cccn(OCc2ccc(Cl)cc2)c1=O. The predicted octanol–water partition coefficient (Wildman–Crippen LogP) is 3.69. The largest absolute Gasteiger partial charge is 0.406 e. The predicted molar refractivity (Wildman–Crippen MR) is 102 cm³/mol. The first-order valence-electron chi connectivity index (χ1n) is 8.01. The van der Waals surface area contributed by atoms with E-state index in [4.69, 9.17) is 16.4 Å². The van der Waals surface area contributed by atoms with E-state index in [1.807, 2.05) is 37.3 Å². The zero-order chi connectivity index (χ0) is 18.5. The lowest BCUT2D eigenvalue weighted by Gasteiger charge is -2.11. The average molecular weight is 369 g/mol. The number of aryl methyl sites for hydroxylation is 1. The fourth-order valence-corrected chi connectivity index (χ4v) is 2.50. The summed E-state index contributed by atoms with van der Waals surface area (Å²) in [5, 5.41) is 3.38. The van der Waals surface area contributed by atoms with Gasteiger partial charge in [-0.15, -0.1) is 0 Å². The van der Waals surface area contributed by atoms with Gasteiger partial charge in [0, 0.05) is 16.9 Å². The normalized spacial score (nSPS) is 10.4. The van der Waals surface area contributed by atoms with Gasteiger partial charge in [-0.1, -0.05) is 41.9 Å². The second-order valence-electron chi connectivity index (χ2n) is 5.72. The highest BCUT2D eigenvalue weighted by Gasteiger charge is 2.13. The molecule has 1 amide bonds. The van der Waals surface area contributed by atoms with Gasteiger partial charge in [0.25, 0.3) is 11.5 Å². The molecule has 26 heavy (non-hydrogen) atoms. The molecule has 0 saturated carbocycles. The van der Waals surface area contributed by atoms with Crippen LogP contribution in [0.25, 0.3) is 0 Å². The highest BCUT2D eigenvalue weighted by molar-refractivity contribution is 6.30. The summed E-state index contributed by atoms with van der Waals surface area (Å²) in [6.45, 7) is 2.06. The first kappa shape index (κ1) is 17.8. The lowest BCUT2D eigenvalue weighted by molar-refractivity contribution is 0.0863. The Bertz CT molecular complexity index is 981. The summed E-state index contributed by atoms with van der Waals surface area (Å²) in [4.78, 5) is 30.5. The van der Waals surface area contributed by atoms with Crippen molar-refractivity contribution in [3.8, 4) is 0 Å². The first-order valence-corrected chi connectivity index (χ1v) is 8.39. The van der Waals surface area contributed by atoms with Gasteiger partial charge in [-0.3, -0.25) is 9.59 Å². The van der Waals surface area contributed by atoms with E-state index < -0.39 is 11.5 Å². The number of anilines is 1. The van der Waals surface area contributed by atoms with Gasteiger partial charge in [-0.25, -0.2) is 0 Å². The second-order valence-corrected chi connectivity index (χ2v) is 6.16. The Morgan fingerprint density at radius 1 is 1.08 bits per heavy atom. The number of carbonyl (C=O) groups excluding carboxylic acids is 1. The summed E-state index contributed by atoms with van der Waals surface area (Å²) < 4.78 is 1.06. The number of aromatic nitrogens is 1. The van der Waals surface area contributed by atoms with Crippen molar-refractivity contribution in [3.63, 3.8) is 0 Å². The molecule has 0 fully saturated rings. The molecule has 1 heterocycles. The molecule has 1 N–H and O–H groups in total. The molecule has 0 aliphatic carbocycles. The standard InChI is InChI=1S/C20H17ClN2O3/c1-14-5-2-3-7-18(14)22-19(24)17-6-4-12-23(20(17)25)26-13-15-8-10-16(21)11-9-15/h2-12H,13H2,1H3,(H,22,24). The number of benzene rings is 2. The van der Waals surface area contributed by atoms with Gasteiger partial charge in [-0.05, 0) is 48.4 Å². The molecule has 0 aliphatic heterocycles. The summed E-state index contributed by atoms with van der Waals surface area (Å²) in [5.74, 6) is -0.478. The van der Waals surface area contributed by atoms with Gasteiger partial charge in [0.1, 0.15) is 12.2 Å². The van der Waals surface area contributed by atoms with Crippen LogP contribution in [-0.2, 0) is 6.61 Å². The zero-order valence-electron chi connectivity index (χ0n) is 14.1. The van der Waals surface area contributed by atoms with E-state index in [9.17, 15) is 9.59 Å². The maximum Gasteiger partial charge on any atom is 0.295 e. The molecule has 0 unspecified atom stereocenters. The van der Waals surface area contributed by atoms with Crippen LogP contribution in [-0.4, -0.2) is 10.6 Å². The van der Waals surface area contributed by atoms with Gasteiger partial charge < -0.3 is 10.2 Å². The number of nitrogens with zero attached hydrogens (tertiary/aromatic N) is 1. The molecule has 6 heteroatoms. The lowest BCUT2D eigenvalue weighted by Crippen LogP contribution is -2.32. The molecule has 1 aromatic heterocycles. The van der Waals surface area contributed by atoms with Gasteiger partial charge in [0.15, 0.2) is 0 Å². The molecular weight excluding hydrogens is 352 g/mol. The van der Waals surface area contributed by atoms with Crippen molar-refractivity contribution >= 4 is 23.2 Å². The van der Waals surface area contributed by atoms with Crippen molar-refractivity contribution < 1.29 is 9.63 Å². The molecule has 2 aromatic carbocycles. The van der Waals surface area contributed by atoms with Gasteiger partial charge in [-0.2, -0.15) is 4.73 Å². The molecule has 3 aromatic rings. The molecule has 132 valence electrons. The Balaban J connectivity index is 1.76. The minimum atomic E-state index is -0.521. The van der Waals surface area contributed by atoms with E-state index in [2.05, 4.69) is 5.32 Å². The topological polar surface area (TPSA) is 60.3 Å². The average Bonchev–Trinajstić information content (AvgIpc) is 2.64. The molecule has 0 bridgehead atoms. The van der Waals surface area contributed by atoms with Gasteiger partial charge in [0.2, 0.25) is 0 Å². The van der Waals surface area contributed by atoms with Crippen LogP contribution in [0.5, 0.6) is 0 Å². The van der Waals surface area contributed by atoms with Gasteiger partial charge >= 0.3 is 0 Å². The number of nitrogens with one attached hydrogen (secondary N) is 1. The second kappa shape index (κ2) is 7.89. The Morgan fingerprint density at radius 2 is 1.81 bits per heavy atom. The minimum Gasteiger partial charge on any atom is -0.406 e. The third-order valence-electron chi connectivity index (χ3n) is 3.84. The maximum atomic E-state index is 12.5. The lowest BCUT2D eigenvalue weighted by atomic mass is 10.2. The van der Waals surface area contributed by atoms with Crippen molar-refractivity contribution in [2.24, 2.45) is 0 Å². The zero-order valence-corrected chi connectivity index (χ0v) is 14.9. The molecular formula is C20H17ClN2O3. The molecule has 5 nitrogen and oxygen atoms in total. The molecule has 0 spiro atoms. The van der Waals surface area contributed by atoms with E-state index in [0.717, 1.165) is 15.9 Å². The Morgan fingerprint density at radius 3 is 2.54 bits per heavy atom. The van der Waals surface area contributed by atoms with Crippen LogP contribution in [0, 0.1) is 6.92 Å². The minimum absolute atomic E-state index is 0.00635. The van der Waals surface area contributed by atoms with Crippen LogP contribution in [0.1, 0.15) is 21.5 Å². The van der Waals surface area contributed by atoms with E-state index in [1.54, 1.807) is 24.3 Å². The molecule has 0 aliphatic rings. The highest BCUT2D eigenvalue weighted by atomic mass is 35.5. The van der Waals surface area contributed by atoms with Crippen LogP contribution in [0.15, 0.2) is 71.7 Å². The fraction of sp³-hybridized carbons (Fsp3) is 0.100. The van der Waals surface area contributed by atoms with Crippen LogP contribution in [0.4, 0.5) is 5.69 Å². The summed E-state index contributed by atoms with van der Waals surface area (Å²) in [6, 6.07) is 17.5. The summed E-state index contributed by atoms with van der Waals surface area (Å²) in [5.41, 5.74) is 1.92. The van der Waals surface area contributed by atoms with E-state index in [-0.39, 0.29) is 12.2 Å².